The number of halogens is 6. The number of hydrogen-bond acceptors (Lipinski definition) is 5. The minimum atomic E-state index is -5.88. The zero-order valence-electron chi connectivity index (χ0n) is 17.4. The number of hydrogen-bond donors (Lipinski definition) is 2. The first-order chi connectivity index (χ1) is 15.4. The van der Waals surface area contributed by atoms with E-state index in [-0.39, 0.29) is 28.1 Å². The van der Waals surface area contributed by atoms with E-state index in [0.717, 1.165) is 44.1 Å². The largest absolute Gasteiger partial charge is 0.491 e. The number of alkyl halides is 5. The first-order valence-corrected chi connectivity index (χ1v) is 9.91. The number of aliphatic imine (C=N–C) groups is 1. The molecule has 0 aliphatic heterocycles. The minimum Gasteiger partial charge on any atom is -0.491 e. The van der Waals surface area contributed by atoms with Gasteiger partial charge in [0.25, 0.3) is 5.91 Å². The molecule has 7 nitrogen and oxygen atoms in total. The molecule has 0 unspecified atom stereocenters. The fourth-order valence-corrected chi connectivity index (χ4v) is 3.08. The predicted octanol–water partition coefficient (Wildman–Crippen LogP) is 4.33. The van der Waals surface area contributed by atoms with Gasteiger partial charge in [-0.25, -0.2) is 9.67 Å². The number of methoxy groups -OCH3 is 1. The van der Waals surface area contributed by atoms with Crippen molar-refractivity contribution in [3.8, 4) is 5.75 Å². The highest BCUT2D eigenvalue weighted by molar-refractivity contribution is 6.34. The molecule has 178 valence electrons. The number of nitrogens with one attached hydrogen (secondary N) is 1. The van der Waals surface area contributed by atoms with Gasteiger partial charge in [0.2, 0.25) is 0 Å². The zero-order valence-corrected chi connectivity index (χ0v) is 18.1. The molecule has 0 atom stereocenters. The van der Waals surface area contributed by atoms with Gasteiger partial charge in [0.05, 0.1) is 17.7 Å². The maximum absolute atomic E-state index is 13.9. The highest BCUT2D eigenvalue weighted by Gasteiger charge is 2.62. The van der Waals surface area contributed by atoms with Crippen LogP contribution in [0.2, 0.25) is 5.02 Å². The summed E-state index contributed by atoms with van der Waals surface area (Å²) in [6, 6.07) is 4.59. The Labute approximate surface area is 190 Å². The Hall–Kier alpha value is -3.15. The van der Waals surface area contributed by atoms with E-state index in [9.17, 15) is 26.7 Å². The van der Waals surface area contributed by atoms with Crippen LogP contribution in [0, 0.1) is 0 Å². The first kappa shape index (κ1) is 24.5. The number of nitrogens with zero attached hydrogens (tertiary/aromatic N) is 3. The molecule has 33 heavy (non-hydrogen) atoms. The Balaban J connectivity index is 1.95. The number of nitrogens with two attached hydrogens (primary N) is 1. The lowest BCUT2D eigenvalue weighted by atomic mass is 10.0. The number of aryl methyl sites for hydroxylation is 1. The molecule has 3 N–H and O–H groups in total. The number of allylic oxidation sites excluding steroid dienone is 1. The van der Waals surface area contributed by atoms with Crippen LogP contribution in [0.4, 0.5) is 27.8 Å². The first-order valence-electron chi connectivity index (χ1n) is 9.53. The minimum absolute atomic E-state index is 0.102. The summed E-state index contributed by atoms with van der Waals surface area (Å²) in [6.07, 6.45) is -1.86. The molecule has 0 spiro atoms. The summed E-state index contributed by atoms with van der Waals surface area (Å²) >= 11 is 6.12. The Morgan fingerprint density at radius 3 is 2.55 bits per heavy atom. The van der Waals surface area contributed by atoms with E-state index in [1.165, 1.54) is 12.1 Å². The van der Waals surface area contributed by atoms with Crippen molar-refractivity contribution in [2.75, 3.05) is 7.11 Å². The van der Waals surface area contributed by atoms with E-state index in [0.29, 0.717) is 5.56 Å². The standard InChI is InChI=1S/C20H19ClF5N5O2/c1-31-17(15(33-2)16(30-31)19(22,23)20(24,25)26)28-9-11(8-27)10-3-6-14(21)13(7-10)18(32)29-12-4-5-12/h3,6-9,12H,4-5,27H2,1-2H3,(H,29,32). The smallest absolute Gasteiger partial charge is 0.459 e. The summed E-state index contributed by atoms with van der Waals surface area (Å²) in [5, 5.41) is 6.28. The average molecular weight is 492 g/mol. The van der Waals surface area contributed by atoms with Gasteiger partial charge in [-0.3, -0.25) is 4.79 Å². The predicted molar refractivity (Wildman–Crippen MR) is 112 cm³/mol. The van der Waals surface area contributed by atoms with Crippen LogP contribution in [0.3, 0.4) is 0 Å². The third-order valence-electron chi connectivity index (χ3n) is 4.79. The van der Waals surface area contributed by atoms with Crippen molar-refractivity contribution >= 4 is 35.1 Å². The van der Waals surface area contributed by atoms with Crippen molar-refractivity contribution in [3.05, 3.63) is 46.2 Å². The van der Waals surface area contributed by atoms with Crippen LogP contribution in [0.1, 0.15) is 34.5 Å². The van der Waals surface area contributed by atoms with Crippen molar-refractivity contribution in [3.63, 3.8) is 0 Å². The second-order valence-corrected chi connectivity index (χ2v) is 7.63. The molecule has 2 aromatic rings. The van der Waals surface area contributed by atoms with Crippen molar-refractivity contribution in [2.24, 2.45) is 17.8 Å². The van der Waals surface area contributed by atoms with Crippen molar-refractivity contribution in [1.82, 2.24) is 15.1 Å². The van der Waals surface area contributed by atoms with Crippen LogP contribution in [0.15, 0.2) is 29.4 Å². The maximum atomic E-state index is 13.9. The number of carbonyl (C=O) groups excluding carboxylic acids is 1. The van der Waals surface area contributed by atoms with Crippen molar-refractivity contribution < 1.29 is 31.5 Å². The van der Waals surface area contributed by atoms with Crippen molar-refractivity contribution in [2.45, 2.75) is 31.0 Å². The van der Waals surface area contributed by atoms with Crippen LogP contribution >= 0.6 is 11.6 Å². The number of ether oxygens (including phenoxy) is 1. The molecule has 0 radical (unpaired) electrons. The lowest BCUT2D eigenvalue weighted by molar-refractivity contribution is -0.291. The molecule has 1 amide bonds. The topological polar surface area (TPSA) is 94.5 Å². The summed E-state index contributed by atoms with van der Waals surface area (Å²) in [4.78, 5) is 16.4. The molecular weight excluding hydrogens is 473 g/mol. The van der Waals surface area contributed by atoms with Gasteiger partial charge in [-0.15, -0.1) is 0 Å². The summed E-state index contributed by atoms with van der Waals surface area (Å²) in [7, 11) is 2.06. The SMILES string of the molecule is COc1c(C(F)(F)C(F)(F)F)nn(C)c1N=CC(=CN)c1ccc(Cl)c(C(=O)NC2CC2)c1. The highest BCUT2D eigenvalue weighted by atomic mass is 35.5. The number of rotatable bonds is 7. The molecule has 1 aromatic carbocycles. The molecular formula is C20H19ClF5N5O2. The van der Waals surface area contributed by atoms with E-state index < -0.39 is 29.4 Å². The molecule has 0 saturated heterocycles. The third kappa shape index (κ3) is 4.95. The maximum Gasteiger partial charge on any atom is 0.459 e. The second kappa shape index (κ2) is 9.00. The number of amides is 1. The summed E-state index contributed by atoms with van der Waals surface area (Å²) in [5.74, 6) is -6.86. The average Bonchev–Trinajstić information content (AvgIpc) is 3.49. The number of aromatic nitrogens is 2. The fraction of sp³-hybridized carbons (Fsp3) is 0.350. The highest BCUT2D eigenvalue weighted by Crippen LogP contribution is 2.48. The summed E-state index contributed by atoms with van der Waals surface area (Å²) < 4.78 is 71.7. The van der Waals surface area contributed by atoms with Crippen LogP contribution in [0.25, 0.3) is 5.57 Å². The second-order valence-electron chi connectivity index (χ2n) is 7.22. The monoisotopic (exact) mass is 491 g/mol. The number of carbonyl (C=O) groups is 1. The number of benzene rings is 1. The van der Waals surface area contributed by atoms with E-state index in [4.69, 9.17) is 22.1 Å². The van der Waals surface area contributed by atoms with Gasteiger partial charge in [0, 0.05) is 31.1 Å². The molecule has 1 aromatic heterocycles. The summed E-state index contributed by atoms with van der Waals surface area (Å²) in [5.41, 5.74) is 4.88. The molecule has 0 bridgehead atoms. The zero-order chi connectivity index (χ0) is 24.6. The Morgan fingerprint density at radius 1 is 1.33 bits per heavy atom. The molecule has 1 aliphatic rings. The van der Waals surface area contributed by atoms with Gasteiger partial charge in [0.15, 0.2) is 17.3 Å². The van der Waals surface area contributed by atoms with Crippen molar-refractivity contribution in [1.29, 1.82) is 0 Å². The lowest BCUT2D eigenvalue weighted by Crippen LogP contribution is -2.34. The van der Waals surface area contributed by atoms with Gasteiger partial charge in [-0.1, -0.05) is 17.7 Å². The van der Waals surface area contributed by atoms with Gasteiger partial charge in [0.1, 0.15) is 0 Å². The van der Waals surface area contributed by atoms with E-state index in [1.807, 2.05) is 0 Å². The van der Waals surface area contributed by atoms with Gasteiger partial charge < -0.3 is 15.8 Å². The molecule has 3 rings (SSSR count). The van der Waals surface area contributed by atoms with Gasteiger partial charge >= 0.3 is 12.1 Å². The van der Waals surface area contributed by atoms with Gasteiger partial charge in [-0.05, 0) is 30.5 Å². The van der Waals surface area contributed by atoms with Crippen LogP contribution in [0.5, 0.6) is 5.75 Å². The molecule has 13 heteroatoms. The Morgan fingerprint density at radius 2 is 2.00 bits per heavy atom. The lowest BCUT2D eigenvalue weighted by Gasteiger charge is -2.18. The Kier molecular flexibility index (Phi) is 6.68. The quantitative estimate of drug-likeness (QED) is 0.445. The van der Waals surface area contributed by atoms with Gasteiger partial charge in [-0.2, -0.15) is 27.1 Å². The third-order valence-corrected chi connectivity index (χ3v) is 5.12. The Bertz CT molecular complexity index is 1120. The molecule has 1 aliphatic carbocycles. The van der Waals surface area contributed by atoms with E-state index in [2.05, 4.69) is 15.4 Å². The molecule has 1 heterocycles. The normalized spacial score (nSPS) is 15.2. The molecule has 1 fully saturated rings. The van der Waals surface area contributed by atoms with Crippen LogP contribution < -0.4 is 15.8 Å². The molecule has 1 saturated carbocycles. The fourth-order valence-electron chi connectivity index (χ4n) is 2.88. The van der Waals surface area contributed by atoms with Crippen LogP contribution in [-0.4, -0.2) is 41.2 Å². The van der Waals surface area contributed by atoms with E-state index in [1.54, 1.807) is 6.07 Å². The summed E-state index contributed by atoms with van der Waals surface area (Å²) in [6.45, 7) is 0. The van der Waals surface area contributed by atoms with Crippen LogP contribution in [-0.2, 0) is 13.0 Å². The van der Waals surface area contributed by atoms with E-state index >= 15 is 0 Å².